The predicted octanol–water partition coefficient (Wildman–Crippen LogP) is 2.48. The summed E-state index contributed by atoms with van der Waals surface area (Å²) in [4.78, 5) is 26.1. The highest BCUT2D eigenvalue weighted by molar-refractivity contribution is 5.88. The summed E-state index contributed by atoms with van der Waals surface area (Å²) in [5.74, 6) is -0.791. The molecule has 0 aliphatic rings. The molecule has 0 saturated heterocycles. The van der Waals surface area contributed by atoms with Gasteiger partial charge in [-0.1, -0.05) is 13.8 Å². The summed E-state index contributed by atoms with van der Waals surface area (Å²) in [5.41, 5.74) is 0.523. The van der Waals surface area contributed by atoms with Crippen LogP contribution in [0.4, 0.5) is 10.5 Å². The first-order valence-corrected chi connectivity index (χ1v) is 6.56. The van der Waals surface area contributed by atoms with Gasteiger partial charge in [0.15, 0.2) is 0 Å². The second kappa shape index (κ2) is 7.47. The van der Waals surface area contributed by atoms with Gasteiger partial charge in [0.25, 0.3) is 0 Å². The summed E-state index contributed by atoms with van der Waals surface area (Å²) in [6.45, 7) is 4.49. The third-order valence-corrected chi connectivity index (χ3v) is 3.02. The quantitative estimate of drug-likeness (QED) is 0.715. The van der Waals surface area contributed by atoms with Gasteiger partial charge in [0.1, 0.15) is 0 Å². The van der Waals surface area contributed by atoms with E-state index in [9.17, 15) is 9.59 Å². The van der Waals surface area contributed by atoms with Crippen LogP contribution in [0, 0.1) is 5.41 Å². The second-order valence-electron chi connectivity index (χ2n) is 5.43. The van der Waals surface area contributed by atoms with Crippen LogP contribution in [0.3, 0.4) is 0 Å². The number of carbonyl (C=O) groups is 2. The lowest BCUT2D eigenvalue weighted by Gasteiger charge is -2.23. The van der Waals surface area contributed by atoms with Gasteiger partial charge >= 0.3 is 12.0 Å². The third-order valence-electron chi connectivity index (χ3n) is 3.02. The van der Waals surface area contributed by atoms with E-state index in [4.69, 9.17) is 5.11 Å². The Hall–Kier alpha value is -2.11. The molecular weight excluding hydrogens is 258 g/mol. The van der Waals surface area contributed by atoms with E-state index in [2.05, 4.69) is 15.6 Å². The first-order valence-electron chi connectivity index (χ1n) is 6.56. The summed E-state index contributed by atoms with van der Waals surface area (Å²) in [5, 5.41) is 14.1. The van der Waals surface area contributed by atoms with Gasteiger partial charge in [-0.2, -0.15) is 0 Å². The number of carboxylic acid groups (broad SMARTS) is 1. The van der Waals surface area contributed by atoms with Crippen molar-refractivity contribution in [1.29, 1.82) is 0 Å². The third kappa shape index (κ3) is 6.72. The van der Waals surface area contributed by atoms with Gasteiger partial charge in [0.2, 0.25) is 0 Å². The molecule has 110 valence electrons. The zero-order valence-corrected chi connectivity index (χ0v) is 11.8. The van der Waals surface area contributed by atoms with E-state index in [0.717, 1.165) is 6.42 Å². The Balaban J connectivity index is 2.26. The Morgan fingerprint density at radius 2 is 2.10 bits per heavy atom. The Bertz CT molecular complexity index is 446. The lowest BCUT2D eigenvalue weighted by molar-refractivity contribution is -0.137. The standard InChI is InChI=1S/C14H21N3O3/c1-14(2,6-5-12(18)19)7-9-16-13(20)17-11-4-3-8-15-10-11/h3-4,8,10H,5-7,9H2,1-2H3,(H,18,19)(H2,16,17,20). The van der Waals surface area contributed by atoms with Crippen molar-refractivity contribution < 1.29 is 14.7 Å². The number of nitrogens with zero attached hydrogens (tertiary/aromatic N) is 1. The Kier molecular flexibility index (Phi) is 5.96. The minimum atomic E-state index is -0.791. The summed E-state index contributed by atoms with van der Waals surface area (Å²) in [6, 6.07) is 3.21. The molecule has 0 spiro atoms. The van der Waals surface area contributed by atoms with Crippen LogP contribution in [0.15, 0.2) is 24.5 Å². The highest BCUT2D eigenvalue weighted by Crippen LogP contribution is 2.25. The molecule has 0 aliphatic heterocycles. The van der Waals surface area contributed by atoms with Crippen LogP contribution in [0.5, 0.6) is 0 Å². The van der Waals surface area contributed by atoms with E-state index in [0.29, 0.717) is 18.7 Å². The number of carboxylic acids is 1. The molecule has 0 fully saturated rings. The topological polar surface area (TPSA) is 91.3 Å². The van der Waals surface area contributed by atoms with Gasteiger partial charge in [-0.05, 0) is 30.4 Å². The van der Waals surface area contributed by atoms with Gasteiger partial charge in [0, 0.05) is 19.2 Å². The monoisotopic (exact) mass is 279 g/mol. The van der Waals surface area contributed by atoms with Crippen LogP contribution in [0.2, 0.25) is 0 Å². The number of amides is 2. The molecule has 0 aliphatic carbocycles. The Morgan fingerprint density at radius 1 is 1.35 bits per heavy atom. The molecule has 2 amide bonds. The van der Waals surface area contributed by atoms with E-state index < -0.39 is 5.97 Å². The van der Waals surface area contributed by atoms with E-state index in [1.165, 1.54) is 0 Å². The van der Waals surface area contributed by atoms with E-state index in [-0.39, 0.29) is 17.9 Å². The van der Waals surface area contributed by atoms with Crippen LogP contribution < -0.4 is 10.6 Å². The summed E-state index contributed by atoms with van der Waals surface area (Å²) in [6.07, 6.45) is 4.66. The number of anilines is 1. The Labute approximate surface area is 118 Å². The fourth-order valence-electron chi connectivity index (χ4n) is 1.70. The lowest BCUT2D eigenvalue weighted by atomic mass is 9.84. The van der Waals surface area contributed by atoms with Gasteiger partial charge < -0.3 is 15.7 Å². The second-order valence-corrected chi connectivity index (χ2v) is 5.43. The molecule has 6 nitrogen and oxygen atoms in total. The minimum absolute atomic E-state index is 0.111. The molecule has 1 aromatic heterocycles. The maximum Gasteiger partial charge on any atom is 0.319 e. The summed E-state index contributed by atoms with van der Waals surface area (Å²) < 4.78 is 0. The molecule has 0 radical (unpaired) electrons. The predicted molar refractivity (Wildman–Crippen MR) is 76.5 cm³/mol. The molecule has 0 unspecified atom stereocenters. The molecule has 1 rings (SSSR count). The number of pyridine rings is 1. The van der Waals surface area contributed by atoms with Crippen molar-refractivity contribution in [2.45, 2.75) is 33.1 Å². The van der Waals surface area contributed by atoms with E-state index in [1.54, 1.807) is 24.5 Å². The molecule has 0 bridgehead atoms. The number of aliphatic carboxylic acids is 1. The first-order chi connectivity index (χ1) is 9.39. The van der Waals surface area contributed by atoms with Crippen molar-refractivity contribution in [2.24, 2.45) is 5.41 Å². The fraction of sp³-hybridized carbons (Fsp3) is 0.500. The number of urea groups is 1. The first kappa shape index (κ1) is 15.9. The average molecular weight is 279 g/mol. The number of hydrogen-bond acceptors (Lipinski definition) is 3. The van der Waals surface area contributed by atoms with E-state index in [1.807, 2.05) is 13.8 Å². The molecule has 0 saturated carbocycles. The highest BCUT2D eigenvalue weighted by atomic mass is 16.4. The number of rotatable bonds is 7. The summed E-state index contributed by atoms with van der Waals surface area (Å²) >= 11 is 0. The van der Waals surface area contributed by atoms with Gasteiger partial charge in [-0.15, -0.1) is 0 Å². The number of aromatic nitrogens is 1. The van der Waals surface area contributed by atoms with Gasteiger partial charge in [-0.3, -0.25) is 9.78 Å². The lowest BCUT2D eigenvalue weighted by Crippen LogP contribution is -2.32. The number of carbonyl (C=O) groups excluding carboxylic acids is 1. The average Bonchev–Trinajstić information content (AvgIpc) is 2.37. The largest absolute Gasteiger partial charge is 0.481 e. The van der Waals surface area contributed by atoms with Crippen LogP contribution in [-0.2, 0) is 4.79 Å². The van der Waals surface area contributed by atoms with Crippen LogP contribution in [-0.4, -0.2) is 28.6 Å². The Morgan fingerprint density at radius 3 is 2.70 bits per heavy atom. The fourth-order valence-corrected chi connectivity index (χ4v) is 1.70. The van der Waals surface area contributed by atoms with Gasteiger partial charge in [-0.25, -0.2) is 4.79 Å². The zero-order valence-electron chi connectivity index (χ0n) is 11.8. The van der Waals surface area contributed by atoms with Crippen molar-refractivity contribution >= 4 is 17.7 Å². The number of hydrogen-bond donors (Lipinski definition) is 3. The normalized spacial score (nSPS) is 10.9. The maximum absolute atomic E-state index is 11.6. The van der Waals surface area contributed by atoms with Crippen LogP contribution in [0.25, 0.3) is 0 Å². The molecule has 3 N–H and O–H groups in total. The SMILES string of the molecule is CC(C)(CCNC(=O)Nc1cccnc1)CCC(=O)O. The zero-order chi connectivity index (χ0) is 15.0. The van der Waals surface area contributed by atoms with Gasteiger partial charge in [0.05, 0.1) is 11.9 Å². The van der Waals surface area contributed by atoms with Crippen molar-refractivity contribution in [2.75, 3.05) is 11.9 Å². The molecule has 1 heterocycles. The van der Waals surface area contributed by atoms with Crippen LogP contribution in [0.1, 0.15) is 33.1 Å². The molecule has 20 heavy (non-hydrogen) atoms. The van der Waals surface area contributed by atoms with Crippen LogP contribution >= 0.6 is 0 Å². The van der Waals surface area contributed by atoms with Crippen molar-refractivity contribution in [3.63, 3.8) is 0 Å². The van der Waals surface area contributed by atoms with E-state index >= 15 is 0 Å². The van der Waals surface area contributed by atoms with Crippen molar-refractivity contribution in [3.8, 4) is 0 Å². The molecule has 0 atom stereocenters. The highest BCUT2D eigenvalue weighted by Gasteiger charge is 2.19. The number of nitrogens with one attached hydrogen (secondary N) is 2. The molecule has 6 heteroatoms. The minimum Gasteiger partial charge on any atom is -0.481 e. The maximum atomic E-state index is 11.6. The smallest absolute Gasteiger partial charge is 0.319 e. The van der Waals surface area contributed by atoms with Crippen molar-refractivity contribution in [3.05, 3.63) is 24.5 Å². The van der Waals surface area contributed by atoms with Crippen molar-refractivity contribution in [1.82, 2.24) is 10.3 Å². The molecular formula is C14H21N3O3. The summed E-state index contributed by atoms with van der Waals surface area (Å²) in [7, 11) is 0. The molecule has 0 aromatic carbocycles. The molecule has 1 aromatic rings.